The number of nitrogens with zero attached hydrogens (tertiary/aromatic N) is 4. The molecule has 0 bridgehead atoms. The number of piperazine rings is 1. The van der Waals surface area contributed by atoms with E-state index in [-0.39, 0.29) is 5.91 Å². The zero-order chi connectivity index (χ0) is 18.0. The summed E-state index contributed by atoms with van der Waals surface area (Å²) >= 11 is 1.44. The number of methoxy groups -OCH3 is 1. The molecule has 1 aliphatic rings. The second-order valence-corrected chi connectivity index (χ2v) is 7.37. The quantitative estimate of drug-likeness (QED) is 0.811. The fourth-order valence-electron chi connectivity index (χ4n) is 3.03. The van der Waals surface area contributed by atoms with Gasteiger partial charge in [0.1, 0.15) is 16.5 Å². The number of ether oxygens (including phenoxy) is 1. The SMILES string of the molecule is COCCNC(=O)c1sc2nc(C)nc(N3CCN(C)CC3)c2c1C. The highest BCUT2D eigenvalue weighted by Crippen LogP contribution is 2.35. The standard InChI is InChI=1S/C17H25N5O2S/c1-11-13-15(22-8-6-21(3)7-9-22)19-12(2)20-17(13)25-14(11)16(23)18-5-10-24-4/h5-10H2,1-4H3,(H,18,23). The molecular formula is C17H25N5O2S. The predicted molar refractivity (Wildman–Crippen MR) is 101 cm³/mol. The molecule has 0 atom stereocenters. The number of rotatable bonds is 5. The predicted octanol–water partition coefficient (Wildman–Crippen LogP) is 1.44. The van der Waals surface area contributed by atoms with Gasteiger partial charge in [0.2, 0.25) is 0 Å². The van der Waals surface area contributed by atoms with Crippen LogP contribution in [-0.4, -0.2) is 74.3 Å². The van der Waals surface area contributed by atoms with E-state index in [1.54, 1.807) is 7.11 Å². The molecule has 25 heavy (non-hydrogen) atoms. The van der Waals surface area contributed by atoms with Crippen LogP contribution in [0.1, 0.15) is 21.1 Å². The molecule has 1 saturated heterocycles. The summed E-state index contributed by atoms with van der Waals surface area (Å²) in [5.74, 6) is 1.63. The van der Waals surface area contributed by atoms with Gasteiger partial charge in [-0.1, -0.05) is 0 Å². The normalized spacial score (nSPS) is 15.8. The van der Waals surface area contributed by atoms with Crippen LogP contribution >= 0.6 is 11.3 Å². The van der Waals surface area contributed by atoms with Crippen molar-refractivity contribution in [3.8, 4) is 0 Å². The molecule has 7 nitrogen and oxygen atoms in total. The number of aryl methyl sites for hydroxylation is 2. The van der Waals surface area contributed by atoms with Gasteiger partial charge in [-0.05, 0) is 26.5 Å². The van der Waals surface area contributed by atoms with Gasteiger partial charge in [-0.25, -0.2) is 9.97 Å². The summed E-state index contributed by atoms with van der Waals surface area (Å²) in [5.41, 5.74) is 0.962. The van der Waals surface area contributed by atoms with Crippen LogP contribution in [0, 0.1) is 13.8 Å². The van der Waals surface area contributed by atoms with E-state index in [1.165, 1.54) is 11.3 Å². The van der Waals surface area contributed by atoms with Crippen LogP contribution in [0.5, 0.6) is 0 Å². The maximum Gasteiger partial charge on any atom is 0.261 e. The average Bonchev–Trinajstić information content (AvgIpc) is 2.91. The van der Waals surface area contributed by atoms with E-state index >= 15 is 0 Å². The zero-order valence-corrected chi connectivity index (χ0v) is 16.1. The first-order valence-corrected chi connectivity index (χ1v) is 9.31. The summed E-state index contributed by atoms with van der Waals surface area (Å²) in [7, 11) is 3.76. The fourth-order valence-corrected chi connectivity index (χ4v) is 4.17. The van der Waals surface area contributed by atoms with Crippen molar-refractivity contribution < 1.29 is 9.53 Å². The number of likely N-dealkylation sites (N-methyl/N-ethyl adjacent to an activating group) is 1. The highest BCUT2D eigenvalue weighted by molar-refractivity contribution is 7.20. The first-order valence-electron chi connectivity index (χ1n) is 8.49. The van der Waals surface area contributed by atoms with Crippen LogP contribution in [0.2, 0.25) is 0 Å². The maximum atomic E-state index is 12.5. The maximum absolute atomic E-state index is 12.5. The summed E-state index contributed by atoms with van der Waals surface area (Å²) in [4.78, 5) is 28.0. The summed E-state index contributed by atoms with van der Waals surface area (Å²) in [5, 5.41) is 3.91. The molecule has 3 heterocycles. The van der Waals surface area contributed by atoms with Crippen molar-refractivity contribution in [3.63, 3.8) is 0 Å². The van der Waals surface area contributed by atoms with Gasteiger partial charge >= 0.3 is 0 Å². The lowest BCUT2D eigenvalue weighted by atomic mass is 10.1. The van der Waals surface area contributed by atoms with Crippen molar-refractivity contribution in [2.45, 2.75) is 13.8 Å². The Hall–Kier alpha value is -1.77. The van der Waals surface area contributed by atoms with Gasteiger partial charge in [-0.15, -0.1) is 11.3 Å². The minimum atomic E-state index is -0.0699. The van der Waals surface area contributed by atoms with E-state index in [4.69, 9.17) is 9.72 Å². The lowest BCUT2D eigenvalue weighted by Crippen LogP contribution is -2.45. The Morgan fingerprint density at radius 1 is 1.24 bits per heavy atom. The molecule has 3 rings (SSSR count). The highest BCUT2D eigenvalue weighted by Gasteiger charge is 2.24. The van der Waals surface area contributed by atoms with Crippen molar-refractivity contribution >= 4 is 33.3 Å². The van der Waals surface area contributed by atoms with E-state index in [1.807, 2.05) is 13.8 Å². The van der Waals surface area contributed by atoms with E-state index in [0.29, 0.717) is 18.0 Å². The van der Waals surface area contributed by atoms with Crippen LogP contribution in [0.25, 0.3) is 10.2 Å². The number of fused-ring (bicyclic) bond motifs is 1. The van der Waals surface area contributed by atoms with Crippen molar-refractivity contribution in [1.29, 1.82) is 0 Å². The molecule has 2 aromatic rings. The van der Waals surface area contributed by atoms with Crippen LogP contribution in [0.3, 0.4) is 0 Å². The molecule has 1 N–H and O–H groups in total. The number of hydrogen-bond acceptors (Lipinski definition) is 7. The van der Waals surface area contributed by atoms with Gasteiger partial charge in [-0.3, -0.25) is 4.79 Å². The minimum Gasteiger partial charge on any atom is -0.383 e. The summed E-state index contributed by atoms with van der Waals surface area (Å²) in [6.07, 6.45) is 0. The van der Waals surface area contributed by atoms with Gasteiger partial charge in [0.25, 0.3) is 5.91 Å². The fraction of sp³-hybridized carbons (Fsp3) is 0.588. The van der Waals surface area contributed by atoms with Crippen LogP contribution in [0.15, 0.2) is 0 Å². The van der Waals surface area contributed by atoms with Crippen molar-refractivity contribution in [1.82, 2.24) is 20.2 Å². The zero-order valence-electron chi connectivity index (χ0n) is 15.3. The van der Waals surface area contributed by atoms with Gasteiger partial charge < -0.3 is 19.9 Å². The molecule has 1 aliphatic heterocycles. The molecule has 0 aliphatic carbocycles. The molecular weight excluding hydrogens is 338 g/mol. The van der Waals surface area contributed by atoms with Gasteiger partial charge in [0.15, 0.2) is 0 Å². The number of anilines is 1. The Balaban J connectivity index is 1.96. The summed E-state index contributed by atoms with van der Waals surface area (Å²) in [6.45, 7) is 8.80. The third kappa shape index (κ3) is 3.75. The van der Waals surface area contributed by atoms with Gasteiger partial charge in [-0.2, -0.15) is 0 Å². The van der Waals surface area contributed by atoms with E-state index in [9.17, 15) is 4.79 Å². The molecule has 0 saturated carbocycles. The minimum absolute atomic E-state index is 0.0699. The second kappa shape index (κ2) is 7.63. The largest absolute Gasteiger partial charge is 0.383 e. The molecule has 8 heteroatoms. The Morgan fingerprint density at radius 2 is 1.96 bits per heavy atom. The molecule has 2 aromatic heterocycles. The van der Waals surface area contributed by atoms with Crippen molar-refractivity contribution in [3.05, 3.63) is 16.3 Å². The van der Waals surface area contributed by atoms with Crippen molar-refractivity contribution in [2.75, 3.05) is 58.4 Å². The Morgan fingerprint density at radius 3 is 2.64 bits per heavy atom. The topological polar surface area (TPSA) is 70.6 Å². The lowest BCUT2D eigenvalue weighted by Gasteiger charge is -2.33. The van der Waals surface area contributed by atoms with Crippen LogP contribution in [0.4, 0.5) is 5.82 Å². The summed E-state index contributed by atoms with van der Waals surface area (Å²) in [6, 6.07) is 0. The number of nitrogens with one attached hydrogen (secondary N) is 1. The number of carbonyl (C=O) groups excluding carboxylic acids is 1. The number of carbonyl (C=O) groups is 1. The Kier molecular flexibility index (Phi) is 5.51. The number of amides is 1. The average molecular weight is 363 g/mol. The number of aromatic nitrogens is 2. The first kappa shape index (κ1) is 18.0. The molecule has 0 unspecified atom stereocenters. The molecule has 136 valence electrons. The first-order chi connectivity index (χ1) is 12.0. The molecule has 1 fully saturated rings. The summed E-state index contributed by atoms with van der Waals surface area (Å²) < 4.78 is 5.00. The number of hydrogen-bond donors (Lipinski definition) is 1. The smallest absolute Gasteiger partial charge is 0.261 e. The van der Waals surface area contributed by atoms with Crippen LogP contribution in [-0.2, 0) is 4.74 Å². The van der Waals surface area contributed by atoms with Gasteiger partial charge in [0.05, 0.1) is 16.9 Å². The van der Waals surface area contributed by atoms with E-state index in [0.717, 1.165) is 53.6 Å². The van der Waals surface area contributed by atoms with Gasteiger partial charge in [0, 0.05) is 39.8 Å². The molecule has 1 amide bonds. The van der Waals surface area contributed by atoms with Crippen LogP contribution < -0.4 is 10.2 Å². The third-order valence-electron chi connectivity index (χ3n) is 4.48. The van der Waals surface area contributed by atoms with E-state index < -0.39 is 0 Å². The lowest BCUT2D eigenvalue weighted by molar-refractivity contribution is 0.0940. The molecule has 0 spiro atoms. The highest BCUT2D eigenvalue weighted by atomic mass is 32.1. The number of thiophene rings is 1. The van der Waals surface area contributed by atoms with Crippen molar-refractivity contribution in [2.24, 2.45) is 0 Å². The Labute approximate surface area is 152 Å². The monoisotopic (exact) mass is 363 g/mol. The third-order valence-corrected chi connectivity index (χ3v) is 5.67. The molecule has 0 aromatic carbocycles. The second-order valence-electron chi connectivity index (χ2n) is 6.37. The van der Waals surface area contributed by atoms with E-state index in [2.05, 4.69) is 27.1 Å². The molecule has 0 radical (unpaired) electrons. The Bertz CT molecular complexity index is 768.